The van der Waals surface area contributed by atoms with Gasteiger partial charge >= 0.3 is 6.18 Å². The third kappa shape index (κ3) is 2.22. The Hall–Kier alpha value is -2.55. The van der Waals surface area contributed by atoms with Crippen LogP contribution in [0, 0.1) is 0 Å². The fraction of sp³-hybridized carbons (Fsp3) is 0.182. The van der Waals surface area contributed by atoms with Gasteiger partial charge in [-0.05, 0) is 46.4 Å². The predicted octanol–water partition coefficient (Wildman–Crippen LogP) is 6.43. The Kier molecular flexibility index (Phi) is 3.50. The zero-order chi connectivity index (χ0) is 17.7. The van der Waals surface area contributed by atoms with E-state index >= 15 is 0 Å². The van der Waals surface area contributed by atoms with E-state index in [0.29, 0.717) is 6.42 Å². The van der Waals surface area contributed by atoms with Gasteiger partial charge in [0.05, 0.1) is 5.56 Å². The molecule has 25 heavy (non-hydrogen) atoms. The van der Waals surface area contributed by atoms with Crippen LogP contribution < -0.4 is 0 Å². The molecule has 0 saturated heterocycles. The lowest BCUT2D eigenvalue weighted by Gasteiger charge is -2.32. The van der Waals surface area contributed by atoms with Gasteiger partial charge in [0, 0.05) is 5.41 Å². The van der Waals surface area contributed by atoms with Crippen LogP contribution in [0.2, 0.25) is 0 Å². The maximum absolute atomic E-state index is 13.3. The molecule has 3 aromatic rings. The van der Waals surface area contributed by atoms with E-state index in [1.807, 2.05) is 61.5 Å². The highest BCUT2D eigenvalue weighted by atomic mass is 19.4. The fourth-order valence-electron chi connectivity index (χ4n) is 4.16. The van der Waals surface area contributed by atoms with Crippen LogP contribution in [0.3, 0.4) is 0 Å². The molecule has 126 valence electrons. The summed E-state index contributed by atoms with van der Waals surface area (Å²) in [5.41, 5.74) is 3.64. The average molecular weight is 338 g/mol. The molecule has 0 N–H and O–H groups in total. The first-order valence-electron chi connectivity index (χ1n) is 8.35. The van der Waals surface area contributed by atoms with Gasteiger partial charge in [-0.3, -0.25) is 0 Å². The third-order valence-electron chi connectivity index (χ3n) is 5.28. The largest absolute Gasteiger partial charge is 0.416 e. The Morgan fingerprint density at radius 2 is 1.40 bits per heavy atom. The number of alkyl halides is 3. The maximum Gasteiger partial charge on any atom is 0.416 e. The van der Waals surface area contributed by atoms with Gasteiger partial charge in [0.1, 0.15) is 0 Å². The second-order valence-corrected chi connectivity index (χ2v) is 6.43. The summed E-state index contributed by atoms with van der Waals surface area (Å²) in [6.45, 7) is 2.04. The van der Waals surface area contributed by atoms with Gasteiger partial charge in [-0.2, -0.15) is 13.2 Å². The van der Waals surface area contributed by atoms with E-state index in [1.165, 1.54) is 12.1 Å². The van der Waals surface area contributed by atoms with Gasteiger partial charge in [-0.25, -0.2) is 0 Å². The fourth-order valence-corrected chi connectivity index (χ4v) is 4.16. The molecule has 1 aliphatic rings. The highest BCUT2D eigenvalue weighted by Crippen LogP contribution is 2.55. The van der Waals surface area contributed by atoms with Crippen LogP contribution in [-0.4, -0.2) is 0 Å². The number of halogens is 3. The van der Waals surface area contributed by atoms with Crippen molar-refractivity contribution in [1.29, 1.82) is 0 Å². The van der Waals surface area contributed by atoms with Gasteiger partial charge < -0.3 is 0 Å². The molecule has 0 bridgehead atoms. The molecule has 3 aromatic carbocycles. The SMILES string of the molecule is CCC1(c2ccccc2)c2ccccc2-c2ccc(C(F)(F)F)cc21. The average Bonchev–Trinajstić information content (AvgIpc) is 2.92. The second kappa shape index (κ2) is 5.48. The number of fused-ring (bicyclic) bond motifs is 3. The third-order valence-corrected chi connectivity index (χ3v) is 5.28. The molecule has 0 amide bonds. The summed E-state index contributed by atoms with van der Waals surface area (Å²) >= 11 is 0. The van der Waals surface area contributed by atoms with Crippen LogP contribution in [0.4, 0.5) is 13.2 Å². The van der Waals surface area contributed by atoms with Gasteiger partial charge in [-0.1, -0.05) is 67.6 Å². The van der Waals surface area contributed by atoms with Gasteiger partial charge in [0.25, 0.3) is 0 Å². The van der Waals surface area contributed by atoms with Crippen molar-refractivity contribution < 1.29 is 13.2 Å². The monoisotopic (exact) mass is 338 g/mol. The lowest BCUT2D eigenvalue weighted by molar-refractivity contribution is -0.137. The topological polar surface area (TPSA) is 0 Å². The molecule has 0 radical (unpaired) electrons. The molecule has 0 aromatic heterocycles. The number of rotatable bonds is 2. The van der Waals surface area contributed by atoms with Crippen molar-refractivity contribution in [2.24, 2.45) is 0 Å². The Bertz CT molecular complexity index is 926. The summed E-state index contributed by atoms with van der Waals surface area (Å²) < 4.78 is 40.0. The van der Waals surface area contributed by atoms with Crippen LogP contribution in [-0.2, 0) is 11.6 Å². The summed E-state index contributed by atoms with van der Waals surface area (Å²) in [5.74, 6) is 0. The van der Waals surface area contributed by atoms with Crippen LogP contribution in [0.1, 0.15) is 35.6 Å². The minimum atomic E-state index is -4.35. The van der Waals surface area contributed by atoms with Crippen molar-refractivity contribution in [3.8, 4) is 11.1 Å². The molecular formula is C22H17F3. The maximum atomic E-state index is 13.3. The van der Waals surface area contributed by atoms with Crippen LogP contribution in [0.5, 0.6) is 0 Å². The number of benzene rings is 3. The molecule has 1 atom stereocenters. The molecule has 0 aliphatic heterocycles. The number of hydrogen-bond donors (Lipinski definition) is 0. The minimum Gasteiger partial charge on any atom is -0.166 e. The second-order valence-electron chi connectivity index (χ2n) is 6.43. The molecule has 1 unspecified atom stereocenters. The van der Waals surface area contributed by atoms with E-state index in [4.69, 9.17) is 0 Å². The highest BCUT2D eigenvalue weighted by molar-refractivity contribution is 5.83. The van der Waals surface area contributed by atoms with Crippen LogP contribution in [0.25, 0.3) is 11.1 Å². The molecule has 0 nitrogen and oxygen atoms in total. The summed E-state index contributed by atoms with van der Waals surface area (Å²) in [4.78, 5) is 0. The van der Waals surface area contributed by atoms with E-state index in [9.17, 15) is 13.2 Å². The Morgan fingerprint density at radius 3 is 2.08 bits per heavy atom. The first-order chi connectivity index (χ1) is 12.0. The standard InChI is InChI=1S/C22H17F3/c1-2-21(15-8-4-3-5-9-15)19-11-7-6-10-17(19)18-13-12-16(14-20(18)21)22(23,24)25/h3-14H,2H2,1H3. The molecule has 0 spiro atoms. The molecule has 0 heterocycles. The Labute approximate surface area is 144 Å². The molecule has 1 aliphatic carbocycles. The van der Waals surface area contributed by atoms with E-state index < -0.39 is 17.2 Å². The van der Waals surface area contributed by atoms with E-state index in [0.717, 1.165) is 27.8 Å². The summed E-state index contributed by atoms with van der Waals surface area (Å²) in [7, 11) is 0. The van der Waals surface area contributed by atoms with Crippen molar-refractivity contribution in [1.82, 2.24) is 0 Å². The van der Waals surface area contributed by atoms with Crippen LogP contribution in [0.15, 0.2) is 72.8 Å². The molecule has 4 rings (SSSR count). The minimum absolute atomic E-state index is 0.547. The van der Waals surface area contributed by atoms with Crippen molar-refractivity contribution in [3.05, 3.63) is 95.1 Å². The van der Waals surface area contributed by atoms with Crippen LogP contribution >= 0.6 is 0 Å². The van der Waals surface area contributed by atoms with Gasteiger partial charge in [0.2, 0.25) is 0 Å². The predicted molar refractivity (Wildman–Crippen MR) is 93.5 cm³/mol. The quantitative estimate of drug-likeness (QED) is 0.505. The zero-order valence-electron chi connectivity index (χ0n) is 13.8. The zero-order valence-corrected chi connectivity index (χ0v) is 13.8. The normalized spacial score (nSPS) is 18.7. The first-order valence-corrected chi connectivity index (χ1v) is 8.35. The van der Waals surface area contributed by atoms with E-state index in [2.05, 4.69) is 0 Å². The van der Waals surface area contributed by atoms with E-state index in [-0.39, 0.29) is 0 Å². The summed E-state index contributed by atoms with van der Waals surface area (Å²) in [6, 6.07) is 21.9. The Balaban J connectivity index is 2.08. The number of hydrogen-bond acceptors (Lipinski definition) is 0. The Morgan fingerprint density at radius 1 is 0.760 bits per heavy atom. The molecule has 0 saturated carbocycles. The molecular weight excluding hydrogens is 321 g/mol. The lowest BCUT2D eigenvalue weighted by Crippen LogP contribution is -2.26. The smallest absolute Gasteiger partial charge is 0.166 e. The highest BCUT2D eigenvalue weighted by Gasteiger charge is 2.44. The molecule has 3 heteroatoms. The van der Waals surface area contributed by atoms with Crippen molar-refractivity contribution in [3.63, 3.8) is 0 Å². The van der Waals surface area contributed by atoms with Crippen molar-refractivity contribution >= 4 is 0 Å². The lowest BCUT2D eigenvalue weighted by atomic mass is 9.70. The van der Waals surface area contributed by atoms with Crippen molar-refractivity contribution in [2.75, 3.05) is 0 Å². The van der Waals surface area contributed by atoms with E-state index in [1.54, 1.807) is 6.07 Å². The van der Waals surface area contributed by atoms with Crippen molar-refractivity contribution in [2.45, 2.75) is 24.9 Å². The van der Waals surface area contributed by atoms with Gasteiger partial charge in [0.15, 0.2) is 0 Å². The summed E-state index contributed by atoms with van der Waals surface area (Å²) in [5, 5.41) is 0. The van der Waals surface area contributed by atoms with Gasteiger partial charge in [-0.15, -0.1) is 0 Å². The molecule has 0 fully saturated rings. The first kappa shape index (κ1) is 15.9. The summed E-state index contributed by atoms with van der Waals surface area (Å²) in [6.07, 6.45) is -3.65.